The molecule has 144 valence electrons. The highest BCUT2D eigenvalue weighted by Crippen LogP contribution is 2.60. The smallest absolute Gasteiger partial charge is 0.307 e. The number of hydrogen-bond acceptors (Lipinski definition) is 4. The molecule has 1 N–H and O–H groups in total. The highest BCUT2D eigenvalue weighted by molar-refractivity contribution is 5.91. The summed E-state index contributed by atoms with van der Waals surface area (Å²) in [7, 11) is 1.34. The minimum atomic E-state index is -0.367. The van der Waals surface area contributed by atoms with Crippen molar-refractivity contribution >= 4 is 17.8 Å². The Hall–Kier alpha value is -1.59. The molecule has 1 unspecified atom stereocenters. The van der Waals surface area contributed by atoms with Crippen LogP contribution in [0.25, 0.3) is 0 Å². The summed E-state index contributed by atoms with van der Waals surface area (Å²) in [6, 6.07) is -0.367. The van der Waals surface area contributed by atoms with E-state index in [0.29, 0.717) is 6.54 Å². The van der Waals surface area contributed by atoms with Crippen LogP contribution < -0.4 is 5.32 Å². The van der Waals surface area contributed by atoms with Crippen molar-refractivity contribution in [1.29, 1.82) is 0 Å². The number of esters is 1. The molecule has 2 amide bonds. The molecule has 1 heterocycles. The number of nitrogens with one attached hydrogen (secondary N) is 1. The molecule has 5 rings (SSSR count). The van der Waals surface area contributed by atoms with Crippen molar-refractivity contribution in [3.05, 3.63) is 0 Å². The van der Waals surface area contributed by atoms with Gasteiger partial charge in [-0.15, -0.1) is 0 Å². The number of carbonyl (C=O) groups excluding carboxylic acids is 3. The molecule has 1 atom stereocenters. The van der Waals surface area contributed by atoms with Crippen LogP contribution in [-0.4, -0.2) is 48.9 Å². The molecular weight excluding hydrogens is 332 g/mol. The van der Waals surface area contributed by atoms with E-state index in [4.69, 9.17) is 0 Å². The highest BCUT2D eigenvalue weighted by atomic mass is 16.5. The molecule has 0 aromatic heterocycles. The maximum Gasteiger partial charge on any atom is 0.307 e. The van der Waals surface area contributed by atoms with E-state index in [0.717, 1.165) is 49.9 Å². The monoisotopic (exact) mass is 362 g/mol. The number of amides is 2. The van der Waals surface area contributed by atoms with Gasteiger partial charge in [-0.2, -0.15) is 0 Å². The molecule has 4 aliphatic carbocycles. The van der Waals surface area contributed by atoms with E-state index in [2.05, 4.69) is 10.1 Å². The van der Waals surface area contributed by atoms with E-state index < -0.39 is 0 Å². The molecule has 6 heteroatoms. The fourth-order valence-corrected chi connectivity index (χ4v) is 6.47. The number of ether oxygens (including phenoxy) is 1. The topological polar surface area (TPSA) is 75.7 Å². The maximum atomic E-state index is 13.5. The van der Waals surface area contributed by atoms with E-state index in [9.17, 15) is 14.4 Å². The van der Waals surface area contributed by atoms with Gasteiger partial charge < -0.3 is 15.0 Å². The van der Waals surface area contributed by atoms with Crippen LogP contribution in [-0.2, 0) is 19.1 Å². The Labute approximate surface area is 155 Å². The second-order valence-electron chi connectivity index (χ2n) is 8.97. The van der Waals surface area contributed by atoms with E-state index in [1.54, 1.807) is 0 Å². The predicted molar refractivity (Wildman–Crippen MR) is 95.0 cm³/mol. The van der Waals surface area contributed by atoms with E-state index in [-0.39, 0.29) is 42.2 Å². The average Bonchev–Trinajstić information content (AvgIpc) is 3.09. The van der Waals surface area contributed by atoms with Gasteiger partial charge in [-0.05, 0) is 69.1 Å². The SMILES string of the molecule is COC(=O)CCNC(=O)C1CCCN1C(=O)C12CC3CC(CC(C3)C1)C2. The first-order valence-electron chi connectivity index (χ1n) is 10.2. The number of likely N-dealkylation sites (tertiary alicyclic amines) is 1. The Morgan fingerprint density at radius 2 is 1.69 bits per heavy atom. The summed E-state index contributed by atoms with van der Waals surface area (Å²) in [5, 5.41) is 2.81. The third-order valence-electron chi connectivity index (χ3n) is 7.16. The molecule has 0 aromatic carbocycles. The van der Waals surface area contributed by atoms with Gasteiger partial charge in [-0.3, -0.25) is 14.4 Å². The summed E-state index contributed by atoms with van der Waals surface area (Å²) in [5.41, 5.74) is -0.191. The number of rotatable bonds is 5. The summed E-state index contributed by atoms with van der Waals surface area (Å²) in [5.74, 6) is 1.95. The van der Waals surface area contributed by atoms with Crippen molar-refractivity contribution in [2.24, 2.45) is 23.2 Å². The zero-order valence-corrected chi connectivity index (χ0v) is 15.7. The van der Waals surface area contributed by atoms with E-state index in [1.807, 2.05) is 4.90 Å². The zero-order chi connectivity index (χ0) is 18.3. The van der Waals surface area contributed by atoms with E-state index in [1.165, 1.54) is 26.4 Å². The number of nitrogens with zero attached hydrogens (tertiary/aromatic N) is 1. The second kappa shape index (κ2) is 6.86. The van der Waals surface area contributed by atoms with Gasteiger partial charge in [0.15, 0.2) is 0 Å². The van der Waals surface area contributed by atoms with Crippen LogP contribution in [0.1, 0.15) is 57.8 Å². The molecule has 6 nitrogen and oxygen atoms in total. The van der Waals surface area contributed by atoms with Gasteiger partial charge in [0.25, 0.3) is 0 Å². The maximum absolute atomic E-state index is 13.5. The molecule has 1 aliphatic heterocycles. The Kier molecular flexibility index (Phi) is 4.70. The van der Waals surface area contributed by atoms with E-state index >= 15 is 0 Å². The standard InChI is InChI=1S/C20H30N2O4/c1-26-17(23)4-5-21-18(24)16-3-2-6-22(16)19(25)20-10-13-7-14(11-20)9-15(8-13)12-20/h13-16H,2-12H2,1H3,(H,21,24). The molecule has 26 heavy (non-hydrogen) atoms. The number of hydrogen-bond donors (Lipinski definition) is 1. The minimum absolute atomic E-state index is 0.121. The van der Waals surface area contributed by atoms with Crippen molar-refractivity contribution in [2.75, 3.05) is 20.2 Å². The molecule has 4 saturated carbocycles. The molecule has 5 aliphatic rings. The molecule has 0 spiro atoms. The molecule has 4 bridgehead atoms. The van der Waals surface area contributed by atoms with Gasteiger partial charge in [0.05, 0.1) is 18.9 Å². The molecule has 5 fully saturated rings. The fraction of sp³-hybridized carbons (Fsp3) is 0.850. The Balaban J connectivity index is 1.41. The first kappa shape index (κ1) is 17.8. The minimum Gasteiger partial charge on any atom is -0.469 e. The lowest BCUT2D eigenvalue weighted by Crippen LogP contribution is -2.57. The van der Waals surface area contributed by atoms with Crippen LogP contribution in [0.3, 0.4) is 0 Å². The second-order valence-corrected chi connectivity index (χ2v) is 8.97. The van der Waals surface area contributed by atoms with Crippen molar-refractivity contribution in [3.8, 4) is 0 Å². The first-order chi connectivity index (χ1) is 12.5. The van der Waals surface area contributed by atoms with Crippen LogP contribution in [0.2, 0.25) is 0 Å². The van der Waals surface area contributed by atoms with Crippen LogP contribution in [0.15, 0.2) is 0 Å². The third-order valence-corrected chi connectivity index (χ3v) is 7.16. The van der Waals surface area contributed by atoms with Gasteiger partial charge in [0, 0.05) is 13.1 Å². The van der Waals surface area contributed by atoms with Crippen LogP contribution in [0.4, 0.5) is 0 Å². The normalized spacial score (nSPS) is 37.7. The summed E-state index contributed by atoms with van der Waals surface area (Å²) in [4.78, 5) is 39.2. The highest BCUT2D eigenvalue weighted by Gasteiger charge is 2.56. The fourth-order valence-electron chi connectivity index (χ4n) is 6.47. The van der Waals surface area contributed by atoms with Gasteiger partial charge in [-0.1, -0.05) is 0 Å². The number of methoxy groups -OCH3 is 1. The van der Waals surface area contributed by atoms with Crippen molar-refractivity contribution in [3.63, 3.8) is 0 Å². The van der Waals surface area contributed by atoms with Crippen LogP contribution in [0.5, 0.6) is 0 Å². The molecule has 0 radical (unpaired) electrons. The molecule has 0 aromatic rings. The lowest BCUT2D eigenvalue weighted by Gasteiger charge is -2.56. The predicted octanol–water partition coefficient (Wildman–Crippen LogP) is 1.87. The number of carbonyl (C=O) groups is 3. The lowest BCUT2D eigenvalue weighted by atomic mass is 9.49. The zero-order valence-electron chi connectivity index (χ0n) is 15.7. The largest absolute Gasteiger partial charge is 0.469 e. The Morgan fingerprint density at radius 3 is 2.27 bits per heavy atom. The van der Waals surface area contributed by atoms with Gasteiger partial charge in [0.1, 0.15) is 6.04 Å². The molecular formula is C20H30N2O4. The van der Waals surface area contributed by atoms with Crippen LogP contribution >= 0.6 is 0 Å². The summed E-state index contributed by atoms with van der Waals surface area (Å²) in [6.45, 7) is 0.955. The average molecular weight is 362 g/mol. The quantitative estimate of drug-likeness (QED) is 0.758. The van der Waals surface area contributed by atoms with Crippen molar-refractivity contribution < 1.29 is 19.1 Å². The Bertz CT molecular complexity index is 567. The lowest BCUT2D eigenvalue weighted by molar-refractivity contribution is -0.160. The van der Waals surface area contributed by atoms with Gasteiger partial charge >= 0.3 is 5.97 Å². The molecule has 1 saturated heterocycles. The summed E-state index contributed by atoms with van der Waals surface area (Å²) >= 11 is 0. The van der Waals surface area contributed by atoms with Gasteiger partial charge in [-0.25, -0.2) is 0 Å². The summed E-state index contributed by atoms with van der Waals surface area (Å²) in [6.07, 6.45) is 8.80. The summed E-state index contributed by atoms with van der Waals surface area (Å²) < 4.78 is 4.60. The van der Waals surface area contributed by atoms with Crippen molar-refractivity contribution in [2.45, 2.75) is 63.8 Å². The third kappa shape index (κ3) is 3.12. The first-order valence-corrected chi connectivity index (χ1v) is 10.2. The van der Waals surface area contributed by atoms with Crippen molar-refractivity contribution in [1.82, 2.24) is 10.2 Å². The Morgan fingerprint density at radius 1 is 1.08 bits per heavy atom. The van der Waals surface area contributed by atoms with Crippen LogP contribution in [0, 0.1) is 23.2 Å². The van der Waals surface area contributed by atoms with Gasteiger partial charge in [0.2, 0.25) is 11.8 Å².